The first-order valence-corrected chi connectivity index (χ1v) is 14.2. The zero-order chi connectivity index (χ0) is 29.9. The minimum atomic E-state index is -4.32. The van der Waals surface area contributed by atoms with Gasteiger partial charge in [0.2, 0.25) is 0 Å². The molecule has 5 N–H and O–H groups in total. The molecule has 3 aromatic rings. The maximum absolute atomic E-state index is 13.8. The van der Waals surface area contributed by atoms with Crippen molar-refractivity contribution in [3.05, 3.63) is 70.6 Å². The van der Waals surface area contributed by atoms with Crippen LogP contribution in [0.15, 0.2) is 59.4 Å². The lowest BCUT2D eigenvalue weighted by molar-refractivity contribution is -0.149. The lowest BCUT2D eigenvalue weighted by atomic mass is 10.1. The molecule has 0 aliphatic carbocycles. The van der Waals surface area contributed by atoms with E-state index in [9.17, 15) is 29.2 Å². The molecule has 0 bridgehead atoms. The number of fused-ring (bicyclic) bond motifs is 1. The molecular weight excluding hydrogens is 559 g/mol. The van der Waals surface area contributed by atoms with Gasteiger partial charge in [-0.3, -0.25) is 23.5 Å². The van der Waals surface area contributed by atoms with E-state index in [0.29, 0.717) is 0 Å². The summed E-state index contributed by atoms with van der Waals surface area (Å²) < 4.78 is 36.8. The molecule has 41 heavy (non-hydrogen) atoms. The molecule has 0 radical (unpaired) electrons. The van der Waals surface area contributed by atoms with Gasteiger partial charge in [0, 0.05) is 0 Å². The van der Waals surface area contributed by atoms with E-state index < -0.39 is 74.2 Å². The number of primary amides is 1. The van der Waals surface area contributed by atoms with Gasteiger partial charge in [-0.2, -0.15) is 5.09 Å². The smallest absolute Gasteiger partial charge is 0.459 e. The van der Waals surface area contributed by atoms with Crippen LogP contribution in [0, 0.1) is 0 Å². The number of hydrogen-bond donors (Lipinski definition) is 4. The summed E-state index contributed by atoms with van der Waals surface area (Å²) in [5.41, 5.74) is 4.24. The van der Waals surface area contributed by atoms with Crippen LogP contribution in [0.2, 0.25) is 0 Å². The number of nitrogens with one attached hydrogen (secondary N) is 1. The molecule has 1 amide bonds. The van der Waals surface area contributed by atoms with E-state index in [0.717, 1.165) is 4.57 Å². The standard InChI is InChI=1S/C26H31N4O10P/c1-14(2)38-26(35)15(3)29-41(36,40-16-9-5-4-6-10-16)37-13-19-21(31)22(32)25(39-19)30-18-12-8-7-11-17(18)28-20(23(27)33)24(30)34/h4-12,14-15,19,21-22,25,31-32H,13H2,1-3H3,(H2,27,33)(H,29,36)/t15-,19+,21+,22+,25+,41-/m0/s1. The van der Waals surface area contributed by atoms with E-state index in [1.54, 1.807) is 44.2 Å². The van der Waals surface area contributed by atoms with Crippen molar-refractivity contribution < 1.29 is 42.9 Å². The molecule has 0 unspecified atom stereocenters. The summed E-state index contributed by atoms with van der Waals surface area (Å²) >= 11 is 0. The number of hydrogen-bond acceptors (Lipinski definition) is 11. The number of carbonyl (C=O) groups excluding carboxylic acids is 2. The summed E-state index contributed by atoms with van der Waals surface area (Å²) in [5, 5.41) is 24.2. The average molecular weight is 591 g/mol. The zero-order valence-electron chi connectivity index (χ0n) is 22.4. The monoisotopic (exact) mass is 590 g/mol. The maximum atomic E-state index is 13.8. The van der Waals surface area contributed by atoms with E-state index >= 15 is 0 Å². The average Bonchev–Trinajstić information content (AvgIpc) is 3.20. The lowest BCUT2D eigenvalue weighted by Crippen LogP contribution is -2.39. The molecule has 1 fully saturated rings. The first-order valence-electron chi connectivity index (χ1n) is 12.7. The molecule has 1 aliphatic rings. The summed E-state index contributed by atoms with van der Waals surface area (Å²) in [5.74, 6) is -1.63. The maximum Gasteiger partial charge on any atom is 0.459 e. The van der Waals surface area contributed by atoms with Crippen LogP contribution in [0.1, 0.15) is 37.5 Å². The van der Waals surface area contributed by atoms with Crippen molar-refractivity contribution >= 4 is 30.7 Å². The Morgan fingerprint density at radius 1 is 1.10 bits per heavy atom. The van der Waals surface area contributed by atoms with Crippen LogP contribution in [0.4, 0.5) is 0 Å². The number of ether oxygens (including phenoxy) is 2. The number of amides is 1. The van der Waals surface area contributed by atoms with Gasteiger partial charge in [0.25, 0.3) is 11.5 Å². The van der Waals surface area contributed by atoms with Crippen LogP contribution in [-0.2, 0) is 23.4 Å². The van der Waals surface area contributed by atoms with Crippen LogP contribution in [0.3, 0.4) is 0 Å². The van der Waals surface area contributed by atoms with Crippen molar-refractivity contribution in [2.75, 3.05) is 6.61 Å². The number of nitrogens with zero attached hydrogens (tertiary/aromatic N) is 2. The second-order valence-corrected chi connectivity index (χ2v) is 11.3. The molecule has 1 saturated heterocycles. The zero-order valence-corrected chi connectivity index (χ0v) is 23.3. The molecular formula is C26H31N4O10P. The summed E-state index contributed by atoms with van der Waals surface area (Å²) in [6, 6.07) is 13.2. The molecule has 2 heterocycles. The van der Waals surface area contributed by atoms with Crippen molar-refractivity contribution in [1.82, 2.24) is 14.6 Å². The Morgan fingerprint density at radius 2 is 1.76 bits per heavy atom. The second kappa shape index (κ2) is 12.5. The van der Waals surface area contributed by atoms with Crippen LogP contribution < -0.4 is 20.9 Å². The molecule has 15 heteroatoms. The molecule has 4 rings (SSSR count). The quantitative estimate of drug-likeness (QED) is 0.184. The summed E-state index contributed by atoms with van der Waals surface area (Å²) in [6.45, 7) is 4.13. The fraction of sp³-hybridized carbons (Fsp3) is 0.385. The summed E-state index contributed by atoms with van der Waals surface area (Å²) in [4.78, 5) is 41.4. The first kappa shape index (κ1) is 30.3. The fourth-order valence-electron chi connectivity index (χ4n) is 4.15. The third-order valence-corrected chi connectivity index (χ3v) is 7.70. The van der Waals surface area contributed by atoms with Gasteiger partial charge >= 0.3 is 13.7 Å². The van der Waals surface area contributed by atoms with Crippen molar-refractivity contribution in [1.29, 1.82) is 0 Å². The Morgan fingerprint density at radius 3 is 2.41 bits per heavy atom. The van der Waals surface area contributed by atoms with Crippen molar-refractivity contribution in [2.24, 2.45) is 5.73 Å². The Bertz CT molecular complexity index is 1520. The van der Waals surface area contributed by atoms with Crippen LogP contribution in [0.5, 0.6) is 5.75 Å². The third-order valence-electron chi connectivity index (χ3n) is 6.05. The second-order valence-electron chi connectivity index (χ2n) is 9.57. The highest BCUT2D eigenvalue weighted by Gasteiger charge is 2.46. The number of para-hydroxylation sites is 3. The number of benzene rings is 2. The minimum absolute atomic E-state index is 0.160. The van der Waals surface area contributed by atoms with E-state index in [1.807, 2.05) is 0 Å². The fourth-order valence-corrected chi connectivity index (χ4v) is 5.66. The molecule has 0 saturated carbocycles. The Labute approximate surface area is 234 Å². The number of aliphatic hydroxyl groups is 2. The molecule has 14 nitrogen and oxygen atoms in total. The van der Waals surface area contributed by atoms with Crippen molar-refractivity contribution in [3.63, 3.8) is 0 Å². The van der Waals surface area contributed by atoms with Crippen molar-refractivity contribution in [2.45, 2.75) is 57.5 Å². The van der Waals surface area contributed by atoms with Gasteiger partial charge in [0.1, 0.15) is 30.1 Å². The first-order chi connectivity index (χ1) is 19.4. The topological polar surface area (TPSA) is 202 Å². The largest absolute Gasteiger partial charge is 0.462 e. The predicted octanol–water partition coefficient (Wildman–Crippen LogP) is 1.25. The van der Waals surface area contributed by atoms with Gasteiger partial charge < -0.3 is 29.9 Å². The Hall–Kier alpha value is -3.65. The van der Waals surface area contributed by atoms with Crippen LogP contribution in [0.25, 0.3) is 11.0 Å². The molecule has 1 aromatic heterocycles. The van der Waals surface area contributed by atoms with E-state index in [-0.39, 0.29) is 16.8 Å². The SMILES string of the molecule is CC(C)OC(=O)[C@H](C)N[P@](=O)(OC[C@H]1O[C@@H](n2c(=O)c(C(N)=O)nc3ccccc32)[C@H](O)[C@@H]1O)Oc1ccccc1. The highest BCUT2D eigenvalue weighted by Crippen LogP contribution is 2.46. The summed E-state index contributed by atoms with van der Waals surface area (Å²) in [6.07, 6.45) is -6.53. The molecule has 1 aliphatic heterocycles. The number of aliphatic hydroxyl groups excluding tert-OH is 2. The van der Waals surface area contributed by atoms with Gasteiger partial charge in [-0.05, 0) is 45.0 Å². The van der Waals surface area contributed by atoms with Crippen molar-refractivity contribution in [3.8, 4) is 5.75 Å². The number of aromatic nitrogens is 2. The highest BCUT2D eigenvalue weighted by molar-refractivity contribution is 7.52. The Kier molecular flexibility index (Phi) is 9.22. The molecule has 220 valence electrons. The van der Waals surface area contributed by atoms with Crippen LogP contribution >= 0.6 is 7.75 Å². The third kappa shape index (κ3) is 6.81. The predicted molar refractivity (Wildman–Crippen MR) is 145 cm³/mol. The number of esters is 1. The van der Waals surface area contributed by atoms with Gasteiger partial charge in [-0.1, -0.05) is 30.3 Å². The van der Waals surface area contributed by atoms with Gasteiger partial charge in [0.05, 0.1) is 23.7 Å². The van der Waals surface area contributed by atoms with E-state index in [4.69, 9.17) is 24.3 Å². The lowest BCUT2D eigenvalue weighted by Gasteiger charge is -2.25. The van der Waals surface area contributed by atoms with Gasteiger partial charge in [-0.25, -0.2) is 9.55 Å². The number of carbonyl (C=O) groups is 2. The van der Waals surface area contributed by atoms with Gasteiger partial charge in [0.15, 0.2) is 11.9 Å². The molecule has 2 aromatic carbocycles. The molecule has 6 atom stereocenters. The minimum Gasteiger partial charge on any atom is -0.462 e. The van der Waals surface area contributed by atoms with Gasteiger partial charge in [-0.15, -0.1) is 0 Å². The highest BCUT2D eigenvalue weighted by atomic mass is 31.2. The number of nitrogens with two attached hydrogens (primary N) is 1. The van der Waals surface area contributed by atoms with Crippen LogP contribution in [-0.4, -0.2) is 68.7 Å². The van der Waals surface area contributed by atoms with E-state index in [1.165, 1.54) is 31.2 Å². The summed E-state index contributed by atoms with van der Waals surface area (Å²) in [7, 11) is -4.32. The normalized spacial score (nSPS) is 22.8. The van der Waals surface area contributed by atoms with E-state index in [2.05, 4.69) is 10.1 Å². The molecule has 0 spiro atoms. The Balaban J connectivity index is 1.59. The number of rotatable bonds is 11.